The molecule has 0 N–H and O–H groups in total. The second-order valence-electron chi connectivity index (χ2n) is 5.16. The molecular formula is C13H15NO3S. The van der Waals surface area contributed by atoms with Gasteiger partial charge in [0, 0.05) is 18.0 Å². The first-order valence-corrected chi connectivity index (χ1v) is 7.88. The van der Waals surface area contributed by atoms with E-state index in [2.05, 4.69) is 0 Å². The monoisotopic (exact) mass is 265 g/mol. The van der Waals surface area contributed by atoms with Gasteiger partial charge in [-0.25, -0.2) is 8.42 Å². The third kappa shape index (κ3) is 1.73. The Morgan fingerprint density at radius 1 is 1.22 bits per heavy atom. The number of benzene rings is 1. The number of para-hydroxylation sites is 1. The normalized spacial score (nSPS) is 29.6. The third-order valence-corrected chi connectivity index (χ3v) is 5.63. The maximum atomic E-state index is 12.1. The minimum Gasteiger partial charge on any atom is -0.308 e. The summed E-state index contributed by atoms with van der Waals surface area (Å²) in [6, 6.07) is 7.47. The van der Waals surface area contributed by atoms with E-state index in [4.69, 9.17) is 0 Å². The molecule has 0 spiro atoms. The quantitative estimate of drug-likeness (QED) is 0.765. The lowest BCUT2D eigenvalue weighted by Crippen LogP contribution is -2.36. The molecule has 2 fully saturated rings. The fourth-order valence-corrected chi connectivity index (χ4v) is 5.11. The van der Waals surface area contributed by atoms with Crippen molar-refractivity contribution in [3.05, 3.63) is 29.8 Å². The van der Waals surface area contributed by atoms with Crippen molar-refractivity contribution >= 4 is 21.4 Å². The zero-order valence-corrected chi connectivity index (χ0v) is 11.0. The highest BCUT2D eigenvalue weighted by molar-refractivity contribution is 7.91. The molecule has 2 unspecified atom stereocenters. The van der Waals surface area contributed by atoms with E-state index >= 15 is 0 Å². The number of aryl methyl sites for hydroxylation is 1. The summed E-state index contributed by atoms with van der Waals surface area (Å²) < 4.78 is 23.3. The molecule has 0 aliphatic carbocycles. The van der Waals surface area contributed by atoms with Gasteiger partial charge in [0.15, 0.2) is 9.84 Å². The van der Waals surface area contributed by atoms with Crippen LogP contribution in [0.4, 0.5) is 5.69 Å². The van der Waals surface area contributed by atoms with Gasteiger partial charge in [0.05, 0.1) is 17.5 Å². The van der Waals surface area contributed by atoms with Crippen LogP contribution in [0.25, 0.3) is 0 Å². The van der Waals surface area contributed by atoms with Crippen molar-refractivity contribution in [1.29, 1.82) is 0 Å². The summed E-state index contributed by atoms with van der Waals surface area (Å²) in [6.07, 6.45) is 0.359. The molecule has 1 aromatic rings. The maximum Gasteiger partial charge on any atom is 0.227 e. The van der Waals surface area contributed by atoms with Crippen molar-refractivity contribution in [3.63, 3.8) is 0 Å². The number of carbonyl (C=O) groups excluding carboxylic acids is 1. The van der Waals surface area contributed by atoms with Crippen LogP contribution < -0.4 is 4.90 Å². The number of anilines is 1. The van der Waals surface area contributed by atoms with E-state index in [1.54, 1.807) is 4.90 Å². The number of nitrogens with zero attached hydrogens (tertiary/aromatic N) is 1. The Labute approximate surface area is 107 Å². The maximum absolute atomic E-state index is 12.1. The summed E-state index contributed by atoms with van der Waals surface area (Å²) in [5, 5.41) is 0. The fourth-order valence-electron chi connectivity index (χ4n) is 3.04. The lowest BCUT2D eigenvalue weighted by atomic mass is 10.0. The minimum absolute atomic E-state index is 0.0258. The van der Waals surface area contributed by atoms with Crippen molar-refractivity contribution in [2.45, 2.75) is 19.4 Å². The lowest BCUT2D eigenvalue weighted by molar-refractivity contribution is -0.117. The molecular weight excluding hydrogens is 250 g/mol. The van der Waals surface area contributed by atoms with Crippen LogP contribution in [0, 0.1) is 12.8 Å². The van der Waals surface area contributed by atoms with E-state index in [1.807, 2.05) is 31.2 Å². The molecule has 2 heterocycles. The Hall–Kier alpha value is -1.36. The number of amides is 1. The fraction of sp³-hybridized carbons (Fsp3) is 0.462. The van der Waals surface area contributed by atoms with Crippen LogP contribution in [0.15, 0.2) is 24.3 Å². The van der Waals surface area contributed by atoms with Crippen LogP contribution in [0.1, 0.15) is 12.0 Å². The van der Waals surface area contributed by atoms with Crippen LogP contribution in [0.5, 0.6) is 0 Å². The van der Waals surface area contributed by atoms with E-state index < -0.39 is 9.84 Å². The van der Waals surface area contributed by atoms with Crippen molar-refractivity contribution < 1.29 is 13.2 Å². The zero-order chi connectivity index (χ0) is 12.9. The predicted octanol–water partition coefficient (Wildman–Crippen LogP) is 1.14. The van der Waals surface area contributed by atoms with Gasteiger partial charge in [0.2, 0.25) is 5.91 Å². The average molecular weight is 265 g/mol. The molecule has 1 amide bonds. The van der Waals surface area contributed by atoms with Gasteiger partial charge < -0.3 is 4.90 Å². The molecule has 4 nitrogen and oxygen atoms in total. The van der Waals surface area contributed by atoms with Crippen molar-refractivity contribution in [3.8, 4) is 0 Å². The van der Waals surface area contributed by atoms with Gasteiger partial charge in [-0.3, -0.25) is 4.79 Å². The zero-order valence-electron chi connectivity index (χ0n) is 10.2. The first-order valence-electron chi connectivity index (χ1n) is 6.06. The Kier molecular flexibility index (Phi) is 2.48. The molecule has 5 heteroatoms. The van der Waals surface area contributed by atoms with Crippen molar-refractivity contribution in [2.24, 2.45) is 5.92 Å². The number of rotatable bonds is 1. The highest BCUT2D eigenvalue weighted by atomic mass is 32.2. The molecule has 2 aliphatic heterocycles. The van der Waals surface area contributed by atoms with Gasteiger partial charge in [-0.2, -0.15) is 0 Å². The van der Waals surface area contributed by atoms with E-state index in [-0.39, 0.29) is 29.4 Å². The highest BCUT2D eigenvalue weighted by Crippen LogP contribution is 2.38. The molecule has 18 heavy (non-hydrogen) atoms. The molecule has 2 atom stereocenters. The molecule has 96 valence electrons. The molecule has 0 aromatic heterocycles. The van der Waals surface area contributed by atoms with Crippen LogP contribution in [0.3, 0.4) is 0 Å². The standard InChI is InChI=1S/C13H15NO3S/c1-9-4-2-3-5-11(9)14-12-8-18(16,17)7-10(12)6-13(14)15/h2-5,10,12H,6-8H2,1H3. The summed E-state index contributed by atoms with van der Waals surface area (Å²) in [6.45, 7) is 1.94. The Bertz CT molecular complexity index is 608. The second kappa shape index (κ2) is 3.82. The minimum atomic E-state index is -2.98. The number of hydrogen-bond donors (Lipinski definition) is 0. The highest BCUT2D eigenvalue weighted by Gasteiger charge is 2.49. The third-order valence-electron chi connectivity index (χ3n) is 3.85. The van der Waals surface area contributed by atoms with E-state index in [0.29, 0.717) is 6.42 Å². The van der Waals surface area contributed by atoms with Gasteiger partial charge in [0.25, 0.3) is 0 Å². The molecule has 2 saturated heterocycles. The molecule has 3 rings (SSSR count). The summed E-state index contributed by atoms with van der Waals surface area (Å²) >= 11 is 0. The van der Waals surface area contributed by atoms with Crippen LogP contribution in [0.2, 0.25) is 0 Å². The van der Waals surface area contributed by atoms with E-state index in [1.165, 1.54) is 0 Å². The topological polar surface area (TPSA) is 54.5 Å². The summed E-state index contributed by atoms with van der Waals surface area (Å²) in [5.74, 6) is 0.292. The summed E-state index contributed by atoms with van der Waals surface area (Å²) in [7, 11) is -2.98. The van der Waals surface area contributed by atoms with Gasteiger partial charge in [-0.05, 0) is 18.6 Å². The van der Waals surface area contributed by atoms with Crippen molar-refractivity contribution in [1.82, 2.24) is 0 Å². The van der Waals surface area contributed by atoms with Crippen molar-refractivity contribution in [2.75, 3.05) is 16.4 Å². The van der Waals surface area contributed by atoms with Crippen LogP contribution in [-0.4, -0.2) is 31.9 Å². The van der Waals surface area contributed by atoms with E-state index in [9.17, 15) is 13.2 Å². The van der Waals surface area contributed by atoms with Crippen LogP contribution in [-0.2, 0) is 14.6 Å². The molecule has 2 aliphatic rings. The smallest absolute Gasteiger partial charge is 0.227 e. The number of fused-ring (bicyclic) bond motifs is 1. The van der Waals surface area contributed by atoms with Gasteiger partial charge in [0.1, 0.15) is 0 Å². The second-order valence-corrected chi connectivity index (χ2v) is 7.31. The number of hydrogen-bond acceptors (Lipinski definition) is 3. The molecule has 0 bridgehead atoms. The van der Waals surface area contributed by atoms with E-state index in [0.717, 1.165) is 11.3 Å². The summed E-state index contributed by atoms with van der Waals surface area (Å²) in [4.78, 5) is 13.8. The average Bonchev–Trinajstić information content (AvgIpc) is 2.70. The SMILES string of the molecule is Cc1ccccc1N1C(=O)CC2CS(=O)(=O)CC21. The molecule has 0 radical (unpaired) electrons. The Morgan fingerprint density at radius 2 is 1.94 bits per heavy atom. The summed E-state index contributed by atoms with van der Waals surface area (Å²) in [5.41, 5.74) is 1.86. The van der Waals surface area contributed by atoms with Gasteiger partial charge >= 0.3 is 0 Å². The molecule has 0 saturated carbocycles. The predicted molar refractivity (Wildman–Crippen MR) is 69.2 cm³/mol. The van der Waals surface area contributed by atoms with Gasteiger partial charge in [-0.15, -0.1) is 0 Å². The molecule has 1 aromatic carbocycles. The Morgan fingerprint density at radius 3 is 2.67 bits per heavy atom. The number of carbonyl (C=O) groups is 1. The number of sulfone groups is 1. The first kappa shape index (κ1) is 11.7. The Balaban J connectivity index is 2.02. The first-order chi connectivity index (χ1) is 8.48. The lowest BCUT2D eigenvalue weighted by Gasteiger charge is -2.24. The van der Waals surface area contributed by atoms with Gasteiger partial charge in [-0.1, -0.05) is 18.2 Å². The largest absolute Gasteiger partial charge is 0.308 e. The van der Waals surface area contributed by atoms with Crippen LogP contribution >= 0.6 is 0 Å².